The molecule has 7 heteroatoms. The quantitative estimate of drug-likeness (QED) is 0.720. The fourth-order valence-corrected chi connectivity index (χ4v) is 4.07. The molecule has 0 radical (unpaired) electrons. The van der Waals surface area contributed by atoms with E-state index >= 15 is 0 Å². The second-order valence-electron chi connectivity index (χ2n) is 7.50. The topological polar surface area (TPSA) is 53.1 Å². The van der Waals surface area contributed by atoms with Gasteiger partial charge in [-0.3, -0.25) is 14.5 Å². The molecule has 2 heterocycles. The van der Waals surface area contributed by atoms with Gasteiger partial charge in [-0.15, -0.1) is 0 Å². The van der Waals surface area contributed by atoms with Crippen molar-refractivity contribution < 1.29 is 18.7 Å². The van der Waals surface area contributed by atoms with Gasteiger partial charge in [0, 0.05) is 39.3 Å². The highest BCUT2D eigenvalue weighted by molar-refractivity contribution is 5.82. The van der Waals surface area contributed by atoms with Gasteiger partial charge in [0.15, 0.2) is 0 Å². The van der Waals surface area contributed by atoms with E-state index in [1.807, 2.05) is 29.7 Å². The number of amides is 1. The Labute approximate surface area is 166 Å². The van der Waals surface area contributed by atoms with Gasteiger partial charge < -0.3 is 14.5 Å². The molecule has 0 spiro atoms. The van der Waals surface area contributed by atoms with Crippen molar-refractivity contribution in [3.05, 3.63) is 30.1 Å². The Kier molecular flexibility index (Phi) is 6.88. The minimum absolute atomic E-state index is 0.0939. The van der Waals surface area contributed by atoms with Crippen molar-refractivity contribution in [2.45, 2.75) is 32.7 Å². The van der Waals surface area contributed by atoms with Crippen LogP contribution in [0.1, 0.15) is 26.7 Å². The van der Waals surface area contributed by atoms with Crippen LogP contribution in [0.5, 0.6) is 0 Å². The van der Waals surface area contributed by atoms with E-state index in [2.05, 4.69) is 4.90 Å². The van der Waals surface area contributed by atoms with Crippen LogP contribution < -0.4 is 4.90 Å². The van der Waals surface area contributed by atoms with Gasteiger partial charge in [0.1, 0.15) is 5.82 Å². The number of hydrogen-bond donors (Lipinski definition) is 0. The van der Waals surface area contributed by atoms with Gasteiger partial charge >= 0.3 is 5.97 Å². The van der Waals surface area contributed by atoms with Gasteiger partial charge in [-0.05, 0) is 38.8 Å². The van der Waals surface area contributed by atoms with E-state index in [0.717, 1.165) is 13.1 Å². The predicted molar refractivity (Wildman–Crippen MR) is 106 cm³/mol. The molecule has 154 valence electrons. The first-order valence-corrected chi connectivity index (χ1v) is 10.2. The number of nitrogens with zero attached hydrogens (tertiary/aromatic N) is 3. The van der Waals surface area contributed by atoms with Crippen LogP contribution in [0.3, 0.4) is 0 Å². The maximum atomic E-state index is 14.0. The minimum Gasteiger partial charge on any atom is -0.466 e. The lowest BCUT2D eigenvalue weighted by Gasteiger charge is -2.41. The maximum absolute atomic E-state index is 14.0. The van der Waals surface area contributed by atoms with Gasteiger partial charge in [-0.25, -0.2) is 4.39 Å². The highest BCUT2D eigenvalue weighted by Crippen LogP contribution is 2.23. The van der Waals surface area contributed by atoms with E-state index < -0.39 is 0 Å². The summed E-state index contributed by atoms with van der Waals surface area (Å²) in [5.41, 5.74) is 0.627. The summed E-state index contributed by atoms with van der Waals surface area (Å²) < 4.78 is 19.1. The number of anilines is 1. The van der Waals surface area contributed by atoms with Crippen LogP contribution in [0.25, 0.3) is 0 Å². The number of ether oxygens (including phenoxy) is 1. The van der Waals surface area contributed by atoms with Gasteiger partial charge in [-0.1, -0.05) is 12.1 Å². The lowest BCUT2D eigenvalue weighted by molar-refractivity contribution is -0.152. The first kappa shape index (κ1) is 20.6. The molecule has 1 aromatic carbocycles. The Balaban J connectivity index is 1.49. The van der Waals surface area contributed by atoms with E-state index in [1.54, 1.807) is 12.1 Å². The molecule has 0 aliphatic carbocycles. The lowest BCUT2D eigenvalue weighted by Crippen LogP contribution is -2.55. The maximum Gasteiger partial charge on any atom is 0.309 e. The zero-order valence-electron chi connectivity index (χ0n) is 16.8. The van der Waals surface area contributed by atoms with Crippen LogP contribution in [0, 0.1) is 11.7 Å². The molecule has 0 N–H and O–H groups in total. The fourth-order valence-electron chi connectivity index (χ4n) is 4.07. The molecule has 28 heavy (non-hydrogen) atoms. The molecule has 2 aliphatic heterocycles. The number of benzene rings is 1. The summed E-state index contributed by atoms with van der Waals surface area (Å²) in [6.07, 6.45) is 1.33. The van der Waals surface area contributed by atoms with E-state index in [1.165, 1.54) is 6.07 Å². The van der Waals surface area contributed by atoms with Gasteiger partial charge in [0.2, 0.25) is 5.91 Å². The van der Waals surface area contributed by atoms with E-state index in [0.29, 0.717) is 51.3 Å². The summed E-state index contributed by atoms with van der Waals surface area (Å²) in [4.78, 5) is 30.8. The number of para-hydroxylation sites is 1. The first-order valence-electron chi connectivity index (χ1n) is 10.2. The van der Waals surface area contributed by atoms with Crippen molar-refractivity contribution in [3.63, 3.8) is 0 Å². The average Bonchev–Trinajstić information content (AvgIpc) is 2.73. The molecular formula is C21H30FN3O3. The second-order valence-corrected chi connectivity index (χ2v) is 7.50. The normalized spacial score (nSPS) is 20.1. The number of piperidine rings is 1. The molecule has 1 aromatic rings. The highest BCUT2D eigenvalue weighted by atomic mass is 19.1. The molecular weight excluding hydrogens is 361 g/mol. The third-order valence-electron chi connectivity index (χ3n) is 5.84. The monoisotopic (exact) mass is 391 g/mol. The number of carbonyl (C=O) groups is 2. The summed E-state index contributed by atoms with van der Waals surface area (Å²) in [5.74, 6) is -0.332. The Morgan fingerprint density at radius 1 is 1.11 bits per heavy atom. The van der Waals surface area contributed by atoms with Crippen LogP contribution in [0.15, 0.2) is 24.3 Å². The highest BCUT2D eigenvalue weighted by Gasteiger charge is 2.33. The van der Waals surface area contributed by atoms with Crippen LogP contribution in [0.4, 0.5) is 10.1 Å². The van der Waals surface area contributed by atoms with Crippen molar-refractivity contribution in [1.82, 2.24) is 9.80 Å². The smallest absolute Gasteiger partial charge is 0.309 e. The molecule has 1 amide bonds. The molecule has 0 saturated carbocycles. The standard InChI is InChI=1S/C21H30FN3O3/c1-3-28-21(27)17-8-10-25(11-9-17)20(26)16(2)23-12-14-24(15-13-23)19-7-5-4-6-18(19)22/h4-7,16-17H,3,8-15H2,1-2H3/t16-/m0/s1. The summed E-state index contributed by atoms with van der Waals surface area (Å²) in [6.45, 7) is 8.19. The molecule has 2 saturated heterocycles. The number of likely N-dealkylation sites (tertiary alicyclic amines) is 1. The van der Waals surface area contributed by atoms with Crippen molar-refractivity contribution in [2.75, 3.05) is 50.8 Å². The van der Waals surface area contributed by atoms with Crippen molar-refractivity contribution in [2.24, 2.45) is 5.92 Å². The fraction of sp³-hybridized carbons (Fsp3) is 0.619. The summed E-state index contributed by atoms with van der Waals surface area (Å²) in [7, 11) is 0. The Hall–Kier alpha value is -2.15. The summed E-state index contributed by atoms with van der Waals surface area (Å²) in [6, 6.07) is 6.61. The first-order chi connectivity index (χ1) is 13.5. The molecule has 6 nitrogen and oxygen atoms in total. The zero-order chi connectivity index (χ0) is 20.1. The predicted octanol–water partition coefficient (Wildman–Crippen LogP) is 2.14. The number of piperazine rings is 1. The number of carbonyl (C=O) groups excluding carboxylic acids is 2. The Morgan fingerprint density at radius 2 is 1.75 bits per heavy atom. The second kappa shape index (κ2) is 9.37. The van der Waals surface area contributed by atoms with E-state index in [-0.39, 0.29) is 29.7 Å². The molecule has 2 fully saturated rings. The van der Waals surface area contributed by atoms with E-state index in [9.17, 15) is 14.0 Å². The Morgan fingerprint density at radius 3 is 2.36 bits per heavy atom. The number of hydrogen-bond acceptors (Lipinski definition) is 5. The zero-order valence-corrected chi connectivity index (χ0v) is 16.8. The van der Waals surface area contributed by atoms with Gasteiger partial charge in [-0.2, -0.15) is 0 Å². The number of rotatable bonds is 5. The third kappa shape index (κ3) is 4.63. The number of halogens is 1. The summed E-state index contributed by atoms with van der Waals surface area (Å²) in [5, 5.41) is 0. The van der Waals surface area contributed by atoms with Crippen molar-refractivity contribution in [3.8, 4) is 0 Å². The van der Waals surface area contributed by atoms with Crippen LogP contribution in [-0.2, 0) is 14.3 Å². The van der Waals surface area contributed by atoms with Gasteiger partial charge in [0.05, 0.1) is 24.3 Å². The van der Waals surface area contributed by atoms with Crippen LogP contribution >= 0.6 is 0 Å². The van der Waals surface area contributed by atoms with Gasteiger partial charge in [0.25, 0.3) is 0 Å². The van der Waals surface area contributed by atoms with Crippen molar-refractivity contribution >= 4 is 17.6 Å². The number of esters is 1. The molecule has 2 aliphatic rings. The van der Waals surface area contributed by atoms with Crippen molar-refractivity contribution in [1.29, 1.82) is 0 Å². The summed E-state index contributed by atoms with van der Waals surface area (Å²) >= 11 is 0. The van der Waals surface area contributed by atoms with Crippen LogP contribution in [0.2, 0.25) is 0 Å². The average molecular weight is 391 g/mol. The molecule has 0 aromatic heterocycles. The Bertz CT molecular complexity index is 683. The largest absolute Gasteiger partial charge is 0.466 e. The lowest BCUT2D eigenvalue weighted by atomic mass is 9.96. The SMILES string of the molecule is CCOC(=O)C1CCN(C(=O)[C@H](C)N2CCN(c3ccccc3F)CC2)CC1. The molecule has 3 rings (SSSR count). The molecule has 1 atom stereocenters. The van der Waals surface area contributed by atoms with E-state index in [4.69, 9.17) is 4.74 Å². The molecule has 0 unspecified atom stereocenters. The molecule has 0 bridgehead atoms. The minimum atomic E-state index is -0.207. The third-order valence-corrected chi connectivity index (χ3v) is 5.84. The van der Waals surface area contributed by atoms with Crippen LogP contribution in [-0.4, -0.2) is 73.6 Å².